The zero-order chi connectivity index (χ0) is 26.7. The van der Waals surface area contributed by atoms with E-state index in [1.165, 1.54) is 11.3 Å². The van der Waals surface area contributed by atoms with Gasteiger partial charge in [-0.15, -0.1) is 0 Å². The van der Waals surface area contributed by atoms with E-state index in [9.17, 15) is 9.59 Å². The number of thiazole rings is 1. The number of rotatable bonds is 7. The molecule has 2 aromatic carbocycles. The summed E-state index contributed by atoms with van der Waals surface area (Å²) in [6.07, 6.45) is 0. The lowest BCUT2D eigenvalue weighted by Crippen LogP contribution is -2.52. The van der Waals surface area contributed by atoms with Gasteiger partial charge in [0.15, 0.2) is 10.9 Å². The van der Waals surface area contributed by atoms with Crippen LogP contribution < -0.4 is 24.6 Å². The van der Waals surface area contributed by atoms with E-state index in [4.69, 9.17) is 14.5 Å². The highest BCUT2D eigenvalue weighted by molar-refractivity contribution is 7.18. The van der Waals surface area contributed by atoms with Crippen LogP contribution in [0.3, 0.4) is 0 Å². The molecule has 196 valence electrons. The monoisotopic (exact) mass is 522 g/mol. The van der Waals surface area contributed by atoms with E-state index in [2.05, 4.69) is 28.1 Å². The fourth-order valence-corrected chi connectivity index (χ4v) is 5.23. The number of hydrogen-bond acceptors (Lipinski definition) is 8. The second-order valence-electron chi connectivity index (χ2n) is 10.1. The number of carbonyl (C=O) groups is 2. The Kier molecular flexibility index (Phi) is 7.73. The molecular formula is C28H34N4O4S. The molecule has 1 amide bonds. The quantitative estimate of drug-likeness (QED) is 0.433. The van der Waals surface area contributed by atoms with Crippen LogP contribution in [-0.4, -0.2) is 56.6 Å². The summed E-state index contributed by atoms with van der Waals surface area (Å²) in [5.41, 5.74) is 0.945. The predicted octanol–water partition coefficient (Wildman–Crippen LogP) is 5.09. The highest BCUT2D eigenvalue weighted by Crippen LogP contribution is 2.36. The van der Waals surface area contributed by atoms with Crippen LogP contribution in [0.25, 0.3) is 0 Å². The molecule has 0 radical (unpaired) electrons. The number of anilines is 3. The molecular weight excluding hydrogens is 488 g/mol. The number of carbonyl (C=O) groups excluding carboxylic acids is 2. The maximum Gasteiger partial charge on any atom is 0.230 e. The van der Waals surface area contributed by atoms with Crippen molar-refractivity contribution in [2.24, 2.45) is 5.41 Å². The molecule has 1 aliphatic heterocycles. The van der Waals surface area contributed by atoms with Crippen LogP contribution in [0.15, 0.2) is 48.5 Å². The first-order chi connectivity index (χ1) is 17.6. The van der Waals surface area contributed by atoms with E-state index in [0.29, 0.717) is 33.7 Å². The van der Waals surface area contributed by atoms with Crippen molar-refractivity contribution < 1.29 is 19.1 Å². The minimum Gasteiger partial charge on any atom is -0.497 e. The molecule has 1 aromatic heterocycles. The van der Waals surface area contributed by atoms with Crippen LogP contribution >= 0.6 is 11.3 Å². The summed E-state index contributed by atoms with van der Waals surface area (Å²) in [5.74, 6) is 1.45. The molecule has 1 fully saturated rings. The molecule has 9 heteroatoms. The average molecular weight is 523 g/mol. The molecule has 4 rings (SSSR count). The van der Waals surface area contributed by atoms with Gasteiger partial charge in [0, 0.05) is 36.7 Å². The van der Waals surface area contributed by atoms with Crippen molar-refractivity contribution in [3.8, 4) is 11.5 Å². The van der Waals surface area contributed by atoms with E-state index >= 15 is 0 Å². The molecule has 1 saturated heterocycles. The van der Waals surface area contributed by atoms with Crippen molar-refractivity contribution in [3.63, 3.8) is 0 Å². The zero-order valence-electron chi connectivity index (χ0n) is 22.2. The Morgan fingerprint density at radius 1 is 1.03 bits per heavy atom. The van der Waals surface area contributed by atoms with Crippen molar-refractivity contribution in [3.05, 3.63) is 59.0 Å². The van der Waals surface area contributed by atoms with Crippen LogP contribution in [-0.2, 0) is 4.79 Å². The molecule has 3 aromatic rings. The molecule has 1 aliphatic rings. The maximum absolute atomic E-state index is 13.5. The van der Waals surface area contributed by atoms with E-state index in [0.717, 1.165) is 24.5 Å². The standard InChI is InChI=1S/C28H34N4O4S/c1-18-17-31(15-16-32(18)21-9-7-8-10-22(21)36-6)27-30-25(29-26(34)28(2,3)4)24(37-27)23(33)19-11-13-20(35-5)14-12-19/h7-14,18H,15-17H2,1-6H3,(H,29,34). The normalized spacial score (nSPS) is 15.9. The summed E-state index contributed by atoms with van der Waals surface area (Å²) in [7, 11) is 3.27. The molecule has 1 N–H and O–H groups in total. The third-order valence-electron chi connectivity index (χ3n) is 6.38. The van der Waals surface area contributed by atoms with Crippen LogP contribution in [0.5, 0.6) is 11.5 Å². The number of aromatic nitrogens is 1. The molecule has 0 saturated carbocycles. The number of amides is 1. The minimum absolute atomic E-state index is 0.183. The summed E-state index contributed by atoms with van der Waals surface area (Å²) in [6.45, 7) is 9.87. The molecule has 0 aliphatic carbocycles. The number of ketones is 1. The Bertz CT molecular complexity index is 1270. The number of nitrogens with one attached hydrogen (secondary N) is 1. The maximum atomic E-state index is 13.5. The summed E-state index contributed by atoms with van der Waals surface area (Å²) in [5, 5.41) is 3.62. The number of para-hydroxylation sites is 2. The minimum atomic E-state index is -0.626. The molecule has 1 atom stereocenters. The fraction of sp³-hybridized carbons (Fsp3) is 0.393. The van der Waals surface area contributed by atoms with Gasteiger partial charge in [0.25, 0.3) is 0 Å². The summed E-state index contributed by atoms with van der Waals surface area (Å²) in [4.78, 5) is 36.0. The Labute approximate surface area is 222 Å². The molecule has 0 spiro atoms. The summed E-state index contributed by atoms with van der Waals surface area (Å²) in [6, 6.07) is 15.2. The van der Waals surface area contributed by atoms with Crippen molar-refractivity contribution in [1.29, 1.82) is 0 Å². The smallest absolute Gasteiger partial charge is 0.230 e. The molecule has 0 bridgehead atoms. The third-order valence-corrected chi connectivity index (χ3v) is 7.49. The third kappa shape index (κ3) is 5.72. The Balaban J connectivity index is 1.62. The van der Waals surface area contributed by atoms with Crippen molar-refractivity contribution in [2.75, 3.05) is 49.0 Å². The number of benzene rings is 2. The Morgan fingerprint density at radius 3 is 2.35 bits per heavy atom. The van der Waals surface area contributed by atoms with Gasteiger partial charge in [-0.2, -0.15) is 0 Å². The predicted molar refractivity (Wildman–Crippen MR) is 149 cm³/mol. The second-order valence-corrected chi connectivity index (χ2v) is 11.1. The second kappa shape index (κ2) is 10.8. The number of hydrogen-bond donors (Lipinski definition) is 1. The summed E-state index contributed by atoms with van der Waals surface area (Å²) < 4.78 is 10.8. The number of nitrogens with zero attached hydrogens (tertiary/aromatic N) is 3. The van der Waals surface area contributed by atoms with Crippen LogP contribution in [0, 0.1) is 5.41 Å². The van der Waals surface area contributed by atoms with Gasteiger partial charge in [-0.1, -0.05) is 44.2 Å². The first-order valence-electron chi connectivity index (χ1n) is 12.3. The van der Waals surface area contributed by atoms with Crippen molar-refractivity contribution in [2.45, 2.75) is 33.7 Å². The zero-order valence-corrected chi connectivity index (χ0v) is 23.0. The van der Waals surface area contributed by atoms with Gasteiger partial charge in [-0.05, 0) is 43.3 Å². The van der Waals surface area contributed by atoms with E-state index in [-0.39, 0.29) is 17.7 Å². The van der Waals surface area contributed by atoms with Crippen molar-refractivity contribution >= 4 is 39.7 Å². The van der Waals surface area contributed by atoms with E-state index in [1.54, 1.807) is 38.5 Å². The molecule has 2 heterocycles. The number of piperazine rings is 1. The van der Waals surface area contributed by atoms with Crippen LogP contribution in [0.1, 0.15) is 42.9 Å². The SMILES string of the molecule is COc1ccc(C(=O)c2sc(N3CCN(c4ccccc4OC)C(C)C3)nc2NC(=O)C(C)(C)C)cc1. The number of methoxy groups -OCH3 is 2. The topological polar surface area (TPSA) is 84.0 Å². The summed E-state index contributed by atoms with van der Waals surface area (Å²) >= 11 is 1.31. The first kappa shape index (κ1) is 26.5. The average Bonchev–Trinajstić information content (AvgIpc) is 3.31. The highest BCUT2D eigenvalue weighted by atomic mass is 32.1. The highest BCUT2D eigenvalue weighted by Gasteiger charge is 2.31. The van der Waals surface area contributed by atoms with Gasteiger partial charge >= 0.3 is 0 Å². The van der Waals surface area contributed by atoms with Crippen molar-refractivity contribution in [1.82, 2.24) is 4.98 Å². The van der Waals surface area contributed by atoms with E-state index in [1.807, 2.05) is 39.0 Å². The van der Waals surface area contributed by atoms with Gasteiger partial charge < -0.3 is 24.6 Å². The van der Waals surface area contributed by atoms with Gasteiger partial charge in [-0.3, -0.25) is 9.59 Å². The van der Waals surface area contributed by atoms with Gasteiger partial charge in [0.05, 0.1) is 19.9 Å². The van der Waals surface area contributed by atoms with Crippen LogP contribution in [0.2, 0.25) is 0 Å². The molecule has 8 nitrogen and oxygen atoms in total. The van der Waals surface area contributed by atoms with Crippen LogP contribution in [0.4, 0.5) is 16.6 Å². The lowest BCUT2D eigenvalue weighted by molar-refractivity contribution is -0.123. The lowest BCUT2D eigenvalue weighted by Gasteiger charge is -2.41. The van der Waals surface area contributed by atoms with Gasteiger partial charge in [-0.25, -0.2) is 4.98 Å². The fourth-order valence-electron chi connectivity index (χ4n) is 4.21. The van der Waals surface area contributed by atoms with E-state index < -0.39 is 5.41 Å². The Morgan fingerprint density at radius 2 is 1.73 bits per heavy atom. The number of ether oxygens (including phenoxy) is 2. The first-order valence-corrected chi connectivity index (χ1v) is 13.1. The largest absolute Gasteiger partial charge is 0.497 e. The molecule has 1 unspecified atom stereocenters. The Hall–Kier alpha value is -3.59. The van der Waals surface area contributed by atoms with Gasteiger partial charge in [0.1, 0.15) is 16.4 Å². The molecule has 37 heavy (non-hydrogen) atoms. The van der Waals surface area contributed by atoms with Gasteiger partial charge in [0.2, 0.25) is 11.7 Å². The lowest BCUT2D eigenvalue weighted by atomic mass is 9.96.